The molecule has 2 atom stereocenters. The summed E-state index contributed by atoms with van der Waals surface area (Å²) in [7, 11) is 3.00. The third-order valence-corrected chi connectivity index (χ3v) is 8.52. The van der Waals surface area contributed by atoms with Gasteiger partial charge >= 0.3 is 5.97 Å². The Labute approximate surface area is 283 Å². The van der Waals surface area contributed by atoms with Crippen molar-refractivity contribution in [2.24, 2.45) is 5.41 Å². The van der Waals surface area contributed by atoms with Crippen LogP contribution in [-0.4, -0.2) is 61.5 Å². The molecule has 0 saturated carbocycles. The zero-order valence-corrected chi connectivity index (χ0v) is 28.2. The minimum Gasteiger partial charge on any atom is -0.493 e. The molecule has 0 fully saturated rings. The van der Waals surface area contributed by atoms with Gasteiger partial charge in [-0.15, -0.1) is 0 Å². The van der Waals surface area contributed by atoms with Crippen molar-refractivity contribution in [1.29, 1.82) is 0 Å². The first-order chi connectivity index (χ1) is 22.9. The molecule has 4 aromatic rings. The Bertz CT molecular complexity index is 1850. The van der Waals surface area contributed by atoms with E-state index >= 15 is 0 Å². The normalized spacial score (nSPS) is 16.4. The molecule has 11 nitrogen and oxygen atoms in total. The lowest BCUT2D eigenvalue weighted by molar-refractivity contribution is -0.136. The summed E-state index contributed by atoms with van der Waals surface area (Å²) in [6.07, 6.45) is -1.31. The predicted octanol–water partition coefficient (Wildman–Crippen LogP) is 6.62. The van der Waals surface area contributed by atoms with Gasteiger partial charge in [-0.25, -0.2) is 4.79 Å². The number of hydrogen-bond donors (Lipinski definition) is 3. The number of benzene rings is 3. The highest BCUT2D eigenvalue weighted by atomic mass is 35.5. The second kappa shape index (κ2) is 14.3. The molecule has 48 heavy (non-hydrogen) atoms. The van der Waals surface area contributed by atoms with Gasteiger partial charge in [-0.1, -0.05) is 63.1 Å². The Morgan fingerprint density at radius 1 is 1.06 bits per heavy atom. The first-order valence-corrected chi connectivity index (χ1v) is 16.0. The molecule has 12 heteroatoms. The first-order valence-electron chi connectivity index (χ1n) is 15.6. The molecule has 0 aliphatic carbocycles. The number of hydrogen-bond acceptors (Lipinski definition) is 8. The van der Waals surface area contributed by atoms with Crippen LogP contribution in [0.25, 0.3) is 11.0 Å². The molecule has 1 aliphatic heterocycles. The van der Waals surface area contributed by atoms with Gasteiger partial charge in [-0.3, -0.25) is 9.59 Å². The zero-order valence-electron chi connectivity index (χ0n) is 27.5. The fourth-order valence-corrected chi connectivity index (χ4v) is 6.16. The number of nitrogens with one attached hydrogen (secondary N) is 1. The molecule has 3 aromatic carbocycles. The minimum atomic E-state index is -1.35. The quantitative estimate of drug-likeness (QED) is 0.150. The summed E-state index contributed by atoms with van der Waals surface area (Å²) in [6.45, 7) is 5.50. The molecule has 3 N–H and O–H groups in total. The third kappa shape index (κ3) is 6.85. The number of aromatic carboxylic acids is 1. The number of fused-ring (bicyclic) bond motifs is 2. The van der Waals surface area contributed by atoms with Gasteiger partial charge in [0.15, 0.2) is 11.5 Å². The Morgan fingerprint density at radius 3 is 2.48 bits per heavy atom. The van der Waals surface area contributed by atoms with Crippen molar-refractivity contribution < 1.29 is 43.2 Å². The number of halogens is 1. The Balaban J connectivity index is 1.60. The number of carboxylic acids is 1. The average molecular weight is 679 g/mol. The predicted molar refractivity (Wildman–Crippen MR) is 181 cm³/mol. The highest BCUT2D eigenvalue weighted by Crippen LogP contribution is 2.46. The van der Waals surface area contributed by atoms with E-state index in [0.29, 0.717) is 50.7 Å². The van der Waals surface area contributed by atoms with Crippen LogP contribution in [0.3, 0.4) is 0 Å². The smallest absolute Gasteiger partial charge is 0.374 e. The third-order valence-electron chi connectivity index (χ3n) is 8.28. The van der Waals surface area contributed by atoms with Crippen LogP contribution in [-0.2, 0) is 20.7 Å². The zero-order chi connectivity index (χ0) is 34.7. The maximum Gasteiger partial charge on any atom is 0.374 e. The van der Waals surface area contributed by atoms with Crippen LogP contribution < -0.4 is 19.7 Å². The number of anilines is 2. The number of aliphatic hydroxyl groups excluding tert-OH is 1. The molecule has 0 spiro atoms. The van der Waals surface area contributed by atoms with Crippen molar-refractivity contribution in [2.75, 3.05) is 37.6 Å². The molecule has 1 aliphatic rings. The number of methoxy groups -OCH3 is 2. The summed E-state index contributed by atoms with van der Waals surface area (Å²) >= 11 is 6.50. The van der Waals surface area contributed by atoms with E-state index in [2.05, 4.69) is 5.32 Å². The molecule has 0 radical (unpaired) electrons. The van der Waals surface area contributed by atoms with Gasteiger partial charge in [0.25, 0.3) is 5.91 Å². The number of carbonyl (C=O) groups is 3. The van der Waals surface area contributed by atoms with Gasteiger partial charge in [0.1, 0.15) is 23.5 Å². The highest BCUT2D eigenvalue weighted by Gasteiger charge is 2.41. The Morgan fingerprint density at radius 2 is 1.81 bits per heavy atom. The second-order valence-corrected chi connectivity index (χ2v) is 12.9. The van der Waals surface area contributed by atoms with Crippen LogP contribution in [0.1, 0.15) is 67.0 Å². The number of rotatable bonds is 12. The molecule has 254 valence electrons. The van der Waals surface area contributed by atoms with Gasteiger partial charge in [-0.2, -0.15) is 0 Å². The fraction of sp³-hybridized carbons (Fsp3) is 0.361. The van der Waals surface area contributed by atoms with Crippen molar-refractivity contribution >= 4 is 51.7 Å². The van der Waals surface area contributed by atoms with E-state index in [4.69, 9.17) is 30.2 Å². The van der Waals surface area contributed by atoms with Crippen LogP contribution >= 0.6 is 11.6 Å². The Hall–Kier alpha value is -4.58. The second-order valence-electron chi connectivity index (χ2n) is 12.4. The van der Waals surface area contributed by atoms with Gasteiger partial charge in [-0.05, 0) is 42.3 Å². The largest absolute Gasteiger partial charge is 0.493 e. The molecule has 0 unspecified atom stereocenters. The van der Waals surface area contributed by atoms with Crippen LogP contribution in [0.15, 0.2) is 59.0 Å². The number of nitrogens with zero attached hydrogens (tertiary/aromatic N) is 1. The standard InChI is InChI=1S/C36H39ClN2O9/c1-6-9-20-10-7-11-22-29(33(35(43)44)48-30(20)22)38-28(41)17-27-34(42)39(18-36(2,3)19-40)25-15-14-21(37)16-24(25)31(47-27)23-12-8-13-26(45-4)32(23)46-5/h7-8,10-16,27,31,40H,6,9,17-19H2,1-5H3,(H,38,41)(H,43,44)/t27-,31-/m1/s1. The van der Waals surface area contributed by atoms with Crippen molar-refractivity contribution in [3.05, 3.63) is 82.1 Å². The summed E-state index contributed by atoms with van der Waals surface area (Å²) in [4.78, 5) is 41.9. The lowest BCUT2D eigenvalue weighted by Crippen LogP contribution is -2.46. The Kier molecular flexibility index (Phi) is 10.3. The molecule has 1 aromatic heterocycles. The highest BCUT2D eigenvalue weighted by molar-refractivity contribution is 6.30. The molecule has 5 rings (SSSR count). The lowest BCUT2D eigenvalue weighted by atomic mass is 9.92. The van der Waals surface area contributed by atoms with Crippen LogP contribution in [0.2, 0.25) is 5.02 Å². The first kappa shape index (κ1) is 34.7. The van der Waals surface area contributed by atoms with Crippen LogP contribution in [0.4, 0.5) is 11.4 Å². The number of furan rings is 1. The number of aliphatic hydroxyl groups is 1. The van der Waals surface area contributed by atoms with Gasteiger partial charge in [0.05, 0.1) is 20.6 Å². The number of aryl methyl sites for hydroxylation is 1. The average Bonchev–Trinajstić information content (AvgIpc) is 3.39. The minimum absolute atomic E-state index is 0.000812. The van der Waals surface area contributed by atoms with Crippen LogP contribution in [0, 0.1) is 5.41 Å². The van der Waals surface area contributed by atoms with Gasteiger partial charge < -0.3 is 39.1 Å². The molecule has 0 saturated heterocycles. The molecule has 2 amide bonds. The van der Waals surface area contributed by atoms with Crippen molar-refractivity contribution in [3.8, 4) is 11.5 Å². The lowest BCUT2D eigenvalue weighted by Gasteiger charge is -2.32. The SMILES string of the molecule is CCCc1cccc2c(NC(=O)C[C@H]3O[C@H](c4cccc(OC)c4OC)c4cc(Cl)ccc4N(CC(C)(C)CO)C3=O)c(C(=O)O)oc12. The van der Waals surface area contributed by atoms with E-state index in [1.165, 1.54) is 19.1 Å². The van der Waals surface area contributed by atoms with Crippen molar-refractivity contribution in [2.45, 2.75) is 52.2 Å². The van der Waals surface area contributed by atoms with Crippen molar-refractivity contribution in [1.82, 2.24) is 0 Å². The number of carbonyl (C=O) groups excluding carboxylic acids is 2. The molecular weight excluding hydrogens is 640 g/mol. The molecule has 2 heterocycles. The van der Waals surface area contributed by atoms with E-state index in [-0.39, 0.29) is 18.8 Å². The summed E-state index contributed by atoms with van der Waals surface area (Å²) in [5.41, 5.74) is 2.02. The monoisotopic (exact) mass is 678 g/mol. The summed E-state index contributed by atoms with van der Waals surface area (Å²) < 4.78 is 23.6. The van der Waals surface area contributed by atoms with Crippen molar-refractivity contribution in [3.63, 3.8) is 0 Å². The summed E-state index contributed by atoms with van der Waals surface area (Å²) in [5, 5.41) is 23.6. The summed E-state index contributed by atoms with van der Waals surface area (Å²) in [6, 6.07) is 15.6. The van der Waals surface area contributed by atoms with Gasteiger partial charge in [0.2, 0.25) is 11.7 Å². The van der Waals surface area contributed by atoms with Gasteiger partial charge in [0, 0.05) is 45.8 Å². The molecule has 0 bridgehead atoms. The number of para-hydroxylation sites is 2. The number of amides is 2. The summed E-state index contributed by atoms with van der Waals surface area (Å²) in [5.74, 6) is -2.15. The fourth-order valence-electron chi connectivity index (χ4n) is 5.98. The van der Waals surface area contributed by atoms with E-state index in [9.17, 15) is 24.6 Å². The molecular formula is C36H39ClN2O9. The number of carboxylic acid groups (broad SMARTS) is 1. The van der Waals surface area contributed by atoms with E-state index in [0.717, 1.165) is 12.0 Å². The van der Waals surface area contributed by atoms with Crippen LogP contribution in [0.5, 0.6) is 11.5 Å². The topological polar surface area (TPSA) is 148 Å². The van der Waals surface area contributed by atoms with E-state index in [1.807, 2.05) is 26.8 Å². The maximum absolute atomic E-state index is 14.4. The van der Waals surface area contributed by atoms with E-state index in [1.54, 1.807) is 48.5 Å². The number of ether oxygens (including phenoxy) is 3. The van der Waals surface area contributed by atoms with E-state index < -0.39 is 47.6 Å². The maximum atomic E-state index is 14.4.